The van der Waals surface area contributed by atoms with E-state index >= 15 is 0 Å². The molecule has 0 bridgehead atoms. The van der Waals surface area contributed by atoms with Crippen LogP contribution in [-0.2, 0) is 0 Å². The molecule has 0 saturated heterocycles. The molecule has 0 atom stereocenters. The topological polar surface area (TPSA) is 87.7 Å². The van der Waals surface area contributed by atoms with E-state index in [1.807, 2.05) is 6.92 Å². The maximum absolute atomic E-state index is 12.3. The first-order chi connectivity index (χ1) is 12.4. The molecule has 0 saturated carbocycles. The molecule has 0 aliphatic rings. The van der Waals surface area contributed by atoms with Crippen molar-refractivity contribution in [3.63, 3.8) is 0 Å². The molecule has 0 radical (unpaired) electrons. The van der Waals surface area contributed by atoms with E-state index in [1.165, 1.54) is 18.2 Å². The number of nitrogens with one attached hydrogen (secondary N) is 2. The first kappa shape index (κ1) is 19.7. The third-order valence-corrected chi connectivity index (χ3v) is 3.79. The van der Waals surface area contributed by atoms with Gasteiger partial charge < -0.3 is 15.2 Å². The van der Waals surface area contributed by atoms with Crippen LogP contribution in [0.15, 0.2) is 42.5 Å². The molecular formula is C18H17ClN2O4S. The number of hydrogen-bond acceptors (Lipinski definition) is 4. The van der Waals surface area contributed by atoms with Crippen LogP contribution < -0.4 is 15.4 Å². The van der Waals surface area contributed by atoms with Crippen LogP contribution in [-0.4, -0.2) is 28.7 Å². The van der Waals surface area contributed by atoms with Crippen LogP contribution in [0, 0.1) is 0 Å². The summed E-state index contributed by atoms with van der Waals surface area (Å²) in [4.78, 5) is 23.3. The van der Waals surface area contributed by atoms with Crippen molar-refractivity contribution in [2.24, 2.45) is 0 Å². The Morgan fingerprint density at radius 2 is 1.96 bits per heavy atom. The third kappa shape index (κ3) is 5.44. The van der Waals surface area contributed by atoms with E-state index in [4.69, 9.17) is 33.7 Å². The van der Waals surface area contributed by atoms with Crippen LogP contribution in [0.25, 0.3) is 0 Å². The number of anilines is 1. The highest BCUT2D eigenvalue weighted by molar-refractivity contribution is 7.80. The molecule has 2 aromatic carbocycles. The summed E-state index contributed by atoms with van der Waals surface area (Å²) in [6, 6.07) is 10.9. The summed E-state index contributed by atoms with van der Waals surface area (Å²) in [6.07, 6.45) is 0.862. The van der Waals surface area contributed by atoms with Crippen molar-refractivity contribution in [3.05, 3.63) is 58.6 Å². The molecule has 0 fully saturated rings. The van der Waals surface area contributed by atoms with Gasteiger partial charge in [0, 0.05) is 5.56 Å². The Hall–Kier alpha value is -2.64. The van der Waals surface area contributed by atoms with E-state index in [-0.39, 0.29) is 21.4 Å². The summed E-state index contributed by atoms with van der Waals surface area (Å²) < 4.78 is 5.50. The molecule has 8 heteroatoms. The largest absolute Gasteiger partial charge is 0.494 e. The Bertz CT molecular complexity index is 842. The minimum Gasteiger partial charge on any atom is -0.494 e. The summed E-state index contributed by atoms with van der Waals surface area (Å²) in [5.74, 6) is -0.922. The van der Waals surface area contributed by atoms with Gasteiger partial charge in [-0.1, -0.05) is 24.6 Å². The van der Waals surface area contributed by atoms with Crippen LogP contribution in [0.1, 0.15) is 34.1 Å². The van der Waals surface area contributed by atoms with E-state index in [0.29, 0.717) is 17.9 Å². The molecule has 2 aromatic rings. The molecule has 0 heterocycles. The zero-order chi connectivity index (χ0) is 19.1. The molecule has 2 rings (SSSR count). The number of carbonyl (C=O) groups is 2. The smallest absolute Gasteiger partial charge is 0.335 e. The average molecular weight is 393 g/mol. The number of rotatable bonds is 6. The van der Waals surface area contributed by atoms with Crippen molar-refractivity contribution in [3.8, 4) is 5.75 Å². The number of carboxylic acid groups (broad SMARTS) is 1. The monoisotopic (exact) mass is 392 g/mol. The second kappa shape index (κ2) is 9.17. The number of hydrogen-bond donors (Lipinski definition) is 3. The number of halogens is 1. The molecule has 0 aliphatic heterocycles. The highest BCUT2D eigenvalue weighted by Crippen LogP contribution is 2.23. The van der Waals surface area contributed by atoms with Crippen molar-refractivity contribution in [1.82, 2.24) is 5.32 Å². The van der Waals surface area contributed by atoms with Crippen LogP contribution >= 0.6 is 23.8 Å². The van der Waals surface area contributed by atoms with Crippen molar-refractivity contribution in [1.29, 1.82) is 0 Å². The number of amides is 1. The predicted octanol–water partition coefficient (Wildman–Crippen LogP) is 3.95. The summed E-state index contributed by atoms with van der Waals surface area (Å²) >= 11 is 11.1. The van der Waals surface area contributed by atoms with Crippen molar-refractivity contribution in [2.75, 3.05) is 11.9 Å². The fourth-order valence-corrected chi connectivity index (χ4v) is 2.40. The van der Waals surface area contributed by atoms with E-state index in [9.17, 15) is 9.59 Å². The second-order valence-electron chi connectivity index (χ2n) is 5.28. The lowest BCUT2D eigenvalue weighted by atomic mass is 10.2. The van der Waals surface area contributed by atoms with Gasteiger partial charge in [0.1, 0.15) is 5.75 Å². The number of carbonyl (C=O) groups excluding carboxylic acids is 1. The van der Waals surface area contributed by atoms with Gasteiger partial charge in [-0.15, -0.1) is 0 Å². The Morgan fingerprint density at radius 1 is 1.19 bits per heavy atom. The Balaban J connectivity index is 2.05. The van der Waals surface area contributed by atoms with Gasteiger partial charge >= 0.3 is 5.97 Å². The summed E-state index contributed by atoms with van der Waals surface area (Å²) in [5.41, 5.74) is 0.719. The first-order valence-electron chi connectivity index (χ1n) is 7.78. The van der Waals surface area contributed by atoms with E-state index in [1.54, 1.807) is 24.3 Å². The van der Waals surface area contributed by atoms with Gasteiger partial charge in [0.2, 0.25) is 0 Å². The zero-order valence-corrected chi connectivity index (χ0v) is 15.5. The SMILES string of the molecule is CCCOc1cccc(C(=O)NC(=S)Nc2cc(C(=O)O)ccc2Cl)c1. The molecule has 6 nitrogen and oxygen atoms in total. The molecule has 3 N–H and O–H groups in total. The van der Waals surface area contributed by atoms with E-state index < -0.39 is 11.9 Å². The molecule has 0 aliphatic carbocycles. The zero-order valence-electron chi connectivity index (χ0n) is 13.9. The fourth-order valence-electron chi connectivity index (χ4n) is 2.03. The Labute approximate surface area is 161 Å². The first-order valence-corrected chi connectivity index (χ1v) is 8.57. The van der Waals surface area contributed by atoms with Crippen LogP contribution in [0.5, 0.6) is 5.75 Å². The molecule has 1 amide bonds. The summed E-state index contributed by atoms with van der Waals surface area (Å²) in [5, 5.41) is 14.6. The number of ether oxygens (including phenoxy) is 1. The molecule has 0 unspecified atom stereocenters. The normalized spacial score (nSPS) is 10.1. The lowest BCUT2D eigenvalue weighted by molar-refractivity contribution is 0.0696. The van der Waals surface area contributed by atoms with Gasteiger partial charge in [0.15, 0.2) is 5.11 Å². The Morgan fingerprint density at radius 3 is 2.65 bits per heavy atom. The summed E-state index contributed by atoms with van der Waals surface area (Å²) in [7, 11) is 0. The highest BCUT2D eigenvalue weighted by Gasteiger charge is 2.12. The third-order valence-electron chi connectivity index (χ3n) is 3.26. The molecule has 0 spiro atoms. The van der Waals surface area contributed by atoms with Crippen molar-refractivity contribution < 1.29 is 19.4 Å². The van der Waals surface area contributed by atoms with Crippen molar-refractivity contribution in [2.45, 2.75) is 13.3 Å². The molecule has 26 heavy (non-hydrogen) atoms. The van der Waals surface area contributed by atoms with Gasteiger partial charge in [0.05, 0.1) is 22.9 Å². The van der Waals surface area contributed by atoms with Gasteiger partial charge in [-0.3, -0.25) is 10.1 Å². The minimum atomic E-state index is -1.09. The molecular weight excluding hydrogens is 376 g/mol. The van der Waals surface area contributed by atoms with E-state index in [0.717, 1.165) is 6.42 Å². The number of benzene rings is 2. The number of thiocarbonyl (C=S) groups is 1. The average Bonchev–Trinajstić information content (AvgIpc) is 2.61. The maximum Gasteiger partial charge on any atom is 0.335 e. The Kier molecular flexibility index (Phi) is 6.94. The predicted molar refractivity (Wildman–Crippen MR) is 104 cm³/mol. The van der Waals surface area contributed by atoms with Crippen molar-refractivity contribution >= 4 is 46.5 Å². The standard InChI is InChI=1S/C18H17ClN2O4S/c1-2-8-25-13-5-3-4-11(9-13)16(22)21-18(26)20-15-10-12(17(23)24)6-7-14(15)19/h3-7,9-10H,2,8H2,1H3,(H,23,24)(H2,20,21,22,26). The minimum absolute atomic E-state index is 0.000631. The van der Waals surface area contributed by atoms with E-state index in [2.05, 4.69) is 10.6 Å². The van der Waals surface area contributed by atoms with Gasteiger partial charge in [-0.05, 0) is 55.0 Å². The lowest BCUT2D eigenvalue weighted by Gasteiger charge is -2.12. The second-order valence-corrected chi connectivity index (χ2v) is 6.10. The molecule has 0 aromatic heterocycles. The fraction of sp³-hybridized carbons (Fsp3) is 0.167. The maximum atomic E-state index is 12.3. The summed E-state index contributed by atoms with van der Waals surface area (Å²) in [6.45, 7) is 2.55. The van der Waals surface area contributed by atoms with Crippen LogP contribution in [0.4, 0.5) is 5.69 Å². The highest BCUT2D eigenvalue weighted by atomic mass is 35.5. The van der Waals surface area contributed by atoms with Crippen LogP contribution in [0.2, 0.25) is 5.02 Å². The molecule has 136 valence electrons. The number of carboxylic acids is 1. The van der Waals surface area contributed by atoms with Gasteiger partial charge in [-0.2, -0.15) is 0 Å². The quantitative estimate of drug-likeness (QED) is 0.645. The number of aromatic carboxylic acids is 1. The van der Waals surface area contributed by atoms with Gasteiger partial charge in [-0.25, -0.2) is 4.79 Å². The van der Waals surface area contributed by atoms with Gasteiger partial charge in [0.25, 0.3) is 5.91 Å². The lowest BCUT2D eigenvalue weighted by Crippen LogP contribution is -2.34. The van der Waals surface area contributed by atoms with Crippen LogP contribution in [0.3, 0.4) is 0 Å².